The van der Waals surface area contributed by atoms with Gasteiger partial charge >= 0.3 is 0 Å². The fourth-order valence-electron chi connectivity index (χ4n) is 2.88. The Hall–Kier alpha value is -2.16. The van der Waals surface area contributed by atoms with Crippen LogP contribution in [0.4, 0.5) is 4.39 Å². The molecule has 2 aromatic rings. The smallest absolute Gasteiger partial charge is 0.253 e. The van der Waals surface area contributed by atoms with Crippen LogP contribution in [0.2, 0.25) is 0 Å². The quantitative estimate of drug-likeness (QED) is 0.321. The number of nitrogens with one attached hydrogen (secondary N) is 2. The minimum Gasteiger partial charge on any atom is -0.356 e. The van der Waals surface area contributed by atoms with Crippen LogP contribution >= 0.6 is 24.0 Å². The fourth-order valence-corrected chi connectivity index (χ4v) is 2.88. The summed E-state index contributed by atoms with van der Waals surface area (Å²) >= 11 is 0. The maximum absolute atomic E-state index is 13.2. The average Bonchev–Trinajstić information content (AvgIpc) is 2.72. The zero-order valence-corrected chi connectivity index (χ0v) is 19.6. The number of halogens is 2. The highest BCUT2D eigenvalue weighted by molar-refractivity contribution is 14.0. The van der Waals surface area contributed by atoms with Crippen molar-refractivity contribution in [2.45, 2.75) is 26.8 Å². The third kappa shape index (κ3) is 8.00. The van der Waals surface area contributed by atoms with Gasteiger partial charge in [-0.25, -0.2) is 4.39 Å². The first-order valence-corrected chi connectivity index (χ1v) is 9.64. The highest BCUT2D eigenvalue weighted by Crippen LogP contribution is 2.08. The molecule has 2 aromatic carbocycles. The fraction of sp³-hybridized carbons (Fsp3) is 0.364. The minimum absolute atomic E-state index is 0. The molecule has 158 valence electrons. The molecule has 2 rings (SSSR count). The predicted molar refractivity (Wildman–Crippen MR) is 127 cm³/mol. The highest BCUT2D eigenvalue weighted by atomic mass is 127. The van der Waals surface area contributed by atoms with Crippen LogP contribution < -0.4 is 10.6 Å². The monoisotopic (exact) mass is 512 g/mol. The van der Waals surface area contributed by atoms with Gasteiger partial charge < -0.3 is 15.5 Å². The number of benzene rings is 2. The van der Waals surface area contributed by atoms with Crippen LogP contribution in [-0.2, 0) is 13.0 Å². The number of rotatable bonds is 8. The van der Waals surface area contributed by atoms with Crippen molar-refractivity contribution in [1.82, 2.24) is 15.5 Å². The van der Waals surface area contributed by atoms with E-state index in [1.165, 1.54) is 6.07 Å². The molecule has 0 spiro atoms. The van der Waals surface area contributed by atoms with E-state index in [-0.39, 0.29) is 35.7 Å². The van der Waals surface area contributed by atoms with E-state index in [9.17, 15) is 9.18 Å². The molecule has 0 atom stereocenters. The van der Waals surface area contributed by atoms with Gasteiger partial charge in [-0.05, 0) is 55.7 Å². The molecule has 0 fully saturated rings. The molecular weight excluding hydrogens is 482 g/mol. The lowest BCUT2D eigenvalue weighted by Crippen LogP contribution is -2.37. The van der Waals surface area contributed by atoms with Gasteiger partial charge in [-0.3, -0.25) is 9.79 Å². The molecule has 0 aliphatic rings. The van der Waals surface area contributed by atoms with E-state index in [2.05, 4.69) is 15.6 Å². The van der Waals surface area contributed by atoms with Crippen LogP contribution in [0.3, 0.4) is 0 Å². The summed E-state index contributed by atoms with van der Waals surface area (Å²) in [6, 6.07) is 14.2. The van der Waals surface area contributed by atoms with Crippen molar-refractivity contribution < 1.29 is 9.18 Å². The van der Waals surface area contributed by atoms with Crippen molar-refractivity contribution >= 4 is 35.8 Å². The first-order chi connectivity index (χ1) is 13.6. The predicted octanol–water partition coefficient (Wildman–Crippen LogP) is 3.83. The molecule has 0 unspecified atom stereocenters. The van der Waals surface area contributed by atoms with Crippen LogP contribution in [0.5, 0.6) is 0 Å². The van der Waals surface area contributed by atoms with Crippen LogP contribution in [-0.4, -0.2) is 43.4 Å². The largest absolute Gasteiger partial charge is 0.356 e. The van der Waals surface area contributed by atoms with Gasteiger partial charge in [0, 0.05) is 38.8 Å². The number of aliphatic imine (C=N–C) groups is 1. The van der Waals surface area contributed by atoms with Gasteiger partial charge in [0.05, 0.1) is 0 Å². The van der Waals surface area contributed by atoms with E-state index in [1.807, 2.05) is 44.2 Å². The first-order valence-electron chi connectivity index (χ1n) is 9.64. The summed E-state index contributed by atoms with van der Waals surface area (Å²) < 4.78 is 13.2. The summed E-state index contributed by atoms with van der Waals surface area (Å²) in [5, 5.41) is 6.47. The average molecular weight is 512 g/mol. The van der Waals surface area contributed by atoms with E-state index in [0.717, 1.165) is 11.1 Å². The molecule has 0 saturated heterocycles. The zero-order valence-electron chi connectivity index (χ0n) is 17.2. The highest BCUT2D eigenvalue weighted by Gasteiger charge is 2.11. The summed E-state index contributed by atoms with van der Waals surface area (Å²) in [6.07, 6.45) is 0.709. The second-order valence-electron chi connectivity index (χ2n) is 6.41. The molecule has 1 amide bonds. The van der Waals surface area contributed by atoms with Crippen molar-refractivity contribution in [3.63, 3.8) is 0 Å². The molecule has 0 heterocycles. The molecule has 29 heavy (non-hydrogen) atoms. The lowest BCUT2D eigenvalue weighted by molar-refractivity contribution is 0.0773. The Morgan fingerprint density at radius 3 is 2.31 bits per heavy atom. The van der Waals surface area contributed by atoms with Gasteiger partial charge in [0.1, 0.15) is 5.82 Å². The van der Waals surface area contributed by atoms with Gasteiger partial charge in [0.25, 0.3) is 5.91 Å². The minimum atomic E-state index is -0.220. The number of carbonyl (C=O) groups is 1. The Morgan fingerprint density at radius 2 is 1.72 bits per heavy atom. The van der Waals surface area contributed by atoms with Crippen molar-refractivity contribution in [1.29, 1.82) is 0 Å². The normalized spacial score (nSPS) is 10.8. The second-order valence-corrected chi connectivity index (χ2v) is 6.41. The van der Waals surface area contributed by atoms with Crippen molar-refractivity contribution in [2.24, 2.45) is 4.99 Å². The molecule has 5 nitrogen and oxygen atoms in total. The number of hydrogen-bond donors (Lipinski definition) is 2. The first kappa shape index (κ1) is 24.9. The zero-order chi connectivity index (χ0) is 20.4. The Morgan fingerprint density at radius 1 is 1.03 bits per heavy atom. The van der Waals surface area contributed by atoms with E-state index in [1.54, 1.807) is 24.1 Å². The van der Waals surface area contributed by atoms with Crippen molar-refractivity contribution in [3.8, 4) is 0 Å². The Labute approximate surface area is 189 Å². The summed E-state index contributed by atoms with van der Waals surface area (Å²) in [5.74, 6) is 0.516. The molecule has 7 heteroatoms. The SMILES string of the molecule is CCN(CC)C(=O)c1ccc(CNC(=NC)NCCc2cccc(F)c2)cc1.I. The maximum atomic E-state index is 13.2. The lowest BCUT2D eigenvalue weighted by Gasteiger charge is -2.18. The van der Waals surface area contributed by atoms with E-state index in [0.29, 0.717) is 44.1 Å². The molecule has 0 saturated carbocycles. The van der Waals surface area contributed by atoms with E-state index >= 15 is 0 Å². The van der Waals surface area contributed by atoms with Crippen LogP contribution in [0.25, 0.3) is 0 Å². The van der Waals surface area contributed by atoms with Crippen LogP contribution in [0.15, 0.2) is 53.5 Å². The second kappa shape index (κ2) is 13.1. The van der Waals surface area contributed by atoms with Gasteiger partial charge in [-0.1, -0.05) is 24.3 Å². The van der Waals surface area contributed by atoms with Crippen LogP contribution in [0.1, 0.15) is 35.3 Å². The lowest BCUT2D eigenvalue weighted by atomic mass is 10.1. The summed E-state index contributed by atoms with van der Waals surface area (Å²) in [4.78, 5) is 18.4. The van der Waals surface area contributed by atoms with Crippen LogP contribution in [0, 0.1) is 5.82 Å². The molecule has 0 radical (unpaired) electrons. The van der Waals surface area contributed by atoms with Gasteiger partial charge in [0.15, 0.2) is 5.96 Å². The van der Waals surface area contributed by atoms with E-state index < -0.39 is 0 Å². The van der Waals surface area contributed by atoms with Gasteiger partial charge in [-0.15, -0.1) is 24.0 Å². The third-order valence-electron chi connectivity index (χ3n) is 4.53. The Kier molecular flexibility index (Phi) is 11.3. The van der Waals surface area contributed by atoms with E-state index in [4.69, 9.17) is 0 Å². The Bertz CT molecular complexity index is 792. The van der Waals surface area contributed by atoms with Gasteiger partial charge in [-0.2, -0.15) is 0 Å². The van der Waals surface area contributed by atoms with Crippen molar-refractivity contribution in [3.05, 3.63) is 71.0 Å². The van der Waals surface area contributed by atoms with Gasteiger partial charge in [0.2, 0.25) is 0 Å². The number of guanidine groups is 1. The summed E-state index contributed by atoms with van der Waals surface area (Å²) in [6.45, 7) is 6.62. The summed E-state index contributed by atoms with van der Waals surface area (Å²) in [7, 11) is 1.71. The Balaban J connectivity index is 0.00000420. The standard InChI is InChI=1S/C22H29FN4O.HI/c1-4-27(5-2)21(28)19-11-9-18(10-12-19)16-26-22(24-3)25-14-13-17-7-6-8-20(23)15-17;/h6-12,15H,4-5,13-14,16H2,1-3H3,(H2,24,25,26);1H. The maximum Gasteiger partial charge on any atom is 0.253 e. The van der Waals surface area contributed by atoms with Crippen molar-refractivity contribution in [2.75, 3.05) is 26.7 Å². The molecule has 0 bridgehead atoms. The third-order valence-corrected chi connectivity index (χ3v) is 4.53. The topological polar surface area (TPSA) is 56.7 Å². The molecule has 0 aliphatic heterocycles. The summed E-state index contributed by atoms with van der Waals surface area (Å²) in [5.41, 5.74) is 2.70. The number of hydrogen-bond acceptors (Lipinski definition) is 2. The molecular formula is C22H30FIN4O. The molecule has 0 aliphatic carbocycles. The number of nitrogens with zero attached hydrogens (tertiary/aromatic N) is 2. The number of amides is 1. The molecule has 2 N–H and O–H groups in total. The molecule has 0 aromatic heterocycles. The number of carbonyl (C=O) groups excluding carboxylic acids is 1.